The molecular formula is C11H12N2O3. The lowest BCUT2D eigenvalue weighted by Crippen LogP contribution is -2.04. The van der Waals surface area contributed by atoms with Crippen LogP contribution in [0.15, 0.2) is 24.5 Å². The van der Waals surface area contributed by atoms with Crippen LogP contribution in [0.1, 0.15) is 23.0 Å². The van der Waals surface area contributed by atoms with Gasteiger partial charge in [0, 0.05) is 18.0 Å². The van der Waals surface area contributed by atoms with Gasteiger partial charge in [0.05, 0.1) is 13.2 Å². The third-order valence-corrected chi connectivity index (χ3v) is 2.22. The van der Waals surface area contributed by atoms with E-state index in [1.54, 1.807) is 35.9 Å². The van der Waals surface area contributed by atoms with Crippen molar-refractivity contribution < 1.29 is 14.6 Å². The van der Waals surface area contributed by atoms with Crippen molar-refractivity contribution in [3.8, 4) is 0 Å². The van der Waals surface area contributed by atoms with Gasteiger partial charge in [-0.3, -0.25) is 0 Å². The molecule has 2 heterocycles. The summed E-state index contributed by atoms with van der Waals surface area (Å²) in [5.74, 6) is -0.449. The highest BCUT2D eigenvalue weighted by molar-refractivity contribution is 5.88. The van der Waals surface area contributed by atoms with Crippen LogP contribution in [0.2, 0.25) is 0 Å². The normalized spacial score (nSPS) is 10.6. The maximum atomic E-state index is 11.5. The zero-order valence-electron chi connectivity index (χ0n) is 8.88. The number of pyridine rings is 1. The lowest BCUT2D eigenvalue weighted by Gasteiger charge is -1.97. The number of carbonyl (C=O) groups excluding carboxylic acids is 1. The summed E-state index contributed by atoms with van der Waals surface area (Å²) in [7, 11) is 0. The number of aliphatic hydroxyl groups is 1. The first-order valence-corrected chi connectivity index (χ1v) is 5.01. The Kier molecular flexibility index (Phi) is 2.87. The number of rotatable bonds is 3. The van der Waals surface area contributed by atoms with Crippen molar-refractivity contribution in [3.63, 3.8) is 0 Å². The lowest BCUT2D eigenvalue weighted by atomic mass is 10.3. The summed E-state index contributed by atoms with van der Waals surface area (Å²) in [6.07, 6.45) is 3.36. The van der Waals surface area contributed by atoms with E-state index in [9.17, 15) is 4.79 Å². The number of fused-ring (bicyclic) bond motifs is 1. The number of esters is 1. The lowest BCUT2D eigenvalue weighted by molar-refractivity contribution is 0.0520. The first-order valence-electron chi connectivity index (χ1n) is 5.01. The van der Waals surface area contributed by atoms with Crippen LogP contribution in [0, 0.1) is 0 Å². The van der Waals surface area contributed by atoms with Gasteiger partial charge in [-0.25, -0.2) is 9.78 Å². The molecule has 5 nitrogen and oxygen atoms in total. The third kappa shape index (κ3) is 1.77. The molecule has 0 unspecified atom stereocenters. The van der Waals surface area contributed by atoms with Gasteiger partial charge in [0.1, 0.15) is 5.65 Å². The Morgan fingerprint density at radius 3 is 3.12 bits per heavy atom. The number of aliphatic hydroxyl groups excluding tert-OH is 1. The highest BCUT2D eigenvalue weighted by atomic mass is 16.5. The Bertz CT molecular complexity index is 519. The zero-order valence-corrected chi connectivity index (χ0v) is 8.88. The monoisotopic (exact) mass is 220 g/mol. The first kappa shape index (κ1) is 10.6. The van der Waals surface area contributed by atoms with Crippen LogP contribution in [-0.4, -0.2) is 27.1 Å². The molecule has 1 N–H and O–H groups in total. The molecule has 0 bridgehead atoms. The minimum atomic E-state index is -0.449. The predicted molar refractivity (Wildman–Crippen MR) is 57.1 cm³/mol. The molecule has 5 heteroatoms. The topological polar surface area (TPSA) is 63.8 Å². The minimum Gasteiger partial charge on any atom is -0.461 e. The number of hydrogen-bond acceptors (Lipinski definition) is 4. The van der Waals surface area contributed by atoms with E-state index in [1.165, 1.54) is 0 Å². The van der Waals surface area contributed by atoms with E-state index in [2.05, 4.69) is 4.98 Å². The Hall–Kier alpha value is -1.88. The molecule has 16 heavy (non-hydrogen) atoms. The van der Waals surface area contributed by atoms with E-state index in [4.69, 9.17) is 9.84 Å². The molecule has 0 radical (unpaired) electrons. The molecular weight excluding hydrogens is 208 g/mol. The Morgan fingerprint density at radius 1 is 1.62 bits per heavy atom. The molecule has 0 saturated heterocycles. The van der Waals surface area contributed by atoms with E-state index in [-0.39, 0.29) is 12.3 Å². The van der Waals surface area contributed by atoms with E-state index in [0.29, 0.717) is 17.8 Å². The molecule has 0 amide bonds. The third-order valence-electron chi connectivity index (χ3n) is 2.22. The minimum absolute atomic E-state index is 0.108. The average molecular weight is 220 g/mol. The van der Waals surface area contributed by atoms with Crippen molar-refractivity contribution in [1.82, 2.24) is 9.38 Å². The molecule has 2 aromatic heterocycles. The largest absolute Gasteiger partial charge is 0.461 e. The fraction of sp³-hybridized carbons (Fsp3) is 0.273. The van der Waals surface area contributed by atoms with Crippen LogP contribution in [0.25, 0.3) is 5.65 Å². The second-order valence-corrected chi connectivity index (χ2v) is 3.27. The van der Waals surface area contributed by atoms with Gasteiger partial charge >= 0.3 is 5.97 Å². The molecule has 84 valence electrons. The van der Waals surface area contributed by atoms with Crippen molar-refractivity contribution in [1.29, 1.82) is 0 Å². The van der Waals surface area contributed by atoms with Crippen molar-refractivity contribution in [2.75, 3.05) is 6.61 Å². The fourth-order valence-electron chi connectivity index (χ4n) is 1.50. The quantitative estimate of drug-likeness (QED) is 0.784. The Balaban J connectivity index is 2.47. The van der Waals surface area contributed by atoms with Gasteiger partial charge in [-0.2, -0.15) is 0 Å². The molecule has 2 aromatic rings. The highest BCUT2D eigenvalue weighted by Gasteiger charge is 2.12. The molecule has 0 aromatic carbocycles. The van der Waals surface area contributed by atoms with Crippen LogP contribution in [0.4, 0.5) is 0 Å². The number of imidazole rings is 1. The molecule has 0 fully saturated rings. The summed E-state index contributed by atoms with van der Waals surface area (Å²) in [5, 5.41) is 9.12. The number of ether oxygens (including phenoxy) is 1. The number of nitrogens with zero attached hydrogens (tertiary/aromatic N) is 2. The molecule has 2 rings (SSSR count). The zero-order chi connectivity index (χ0) is 11.5. The molecule has 0 spiro atoms. The van der Waals surface area contributed by atoms with Gasteiger partial charge in [-0.1, -0.05) is 6.07 Å². The SMILES string of the molecule is CCOC(=O)c1cn2cccc(CO)c2n1. The van der Waals surface area contributed by atoms with Gasteiger partial charge < -0.3 is 14.2 Å². The van der Waals surface area contributed by atoms with Gasteiger partial charge in [-0.15, -0.1) is 0 Å². The van der Waals surface area contributed by atoms with Crippen LogP contribution in [0.5, 0.6) is 0 Å². The summed E-state index contributed by atoms with van der Waals surface area (Å²) in [6.45, 7) is 1.95. The summed E-state index contributed by atoms with van der Waals surface area (Å²) < 4.78 is 6.55. The van der Waals surface area contributed by atoms with Gasteiger partial charge in [0.15, 0.2) is 5.69 Å². The molecule has 0 saturated carbocycles. The van der Waals surface area contributed by atoms with Crippen molar-refractivity contribution >= 4 is 11.6 Å². The second kappa shape index (κ2) is 4.32. The van der Waals surface area contributed by atoms with Crippen LogP contribution >= 0.6 is 0 Å². The molecule has 0 atom stereocenters. The van der Waals surface area contributed by atoms with Gasteiger partial charge in [0.2, 0.25) is 0 Å². The van der Waals surface area contributed by atoms with Crippen molar-refractivity contribution in [3.05, 3.63) is 35.8 Å². The Labute approximate surface area is 92.3 Å². The standard InChI is InChI=1S/C11H12N2O3/c1-2-16-11(15)9-6-13-5-3-4-8(7-14)10(13)12-9/h3-6,14H,2,7H2,1H3. The second-order valence-electron chi connectivity index (χ2n) is 3.27. The van der Waals surface area contributed by atoms with Gasteiger partial charge in [-0.05, 0) is 13.0 Å². The van der Waals surface area contributed by atoms with Crippen LogP contribution in [0.3, 0.4) is 0 Å². The predicted octanol–water partition coefficient (Wildman–Crippen LogP) is 1.00. The first-order chi connectivity index (χ1) is 7.76. The maximum Gasteiger partial charge on any atom is 0.358 e. The van der Waals surface area contributed by atoms with E-state index in [0.717, 1.165) is 0 Å². The molecule has 0 aliphatic rings. The van der Waals surface area contributed by atoms with Gasteiger partial charge in [0.25, 0.3) is 0 Å². The summed E-state index contributed by atoms with van der Waals surface area (Å²) in [6, 6.07) is 3.55. The van der Waals surface area contributed by atoms with Crippen LogP contribution in [-0.2, 0) is 11.3 Å². The highest BCUT2D eigenvalue weighted by Crippen LogP contribution is 2.11. The van der Waals surface area contributed by atoms with Crippen molar-refractivity contribution in [2.45, 2.75) is 13.5 Å². The van der Waals surface area contributed by atoms with Crippen LogP contribution < -0.4 is 0 Å². The summed E-state index contributed by atoms with van der Waals surface area (Å²) in [5.41, 5.74) is 1.51. The van der Waals surface area contributed by atoms with E-state index >= 15 is 0 Å². The van der Waals surface area contributed by atoms with Crippen molar-refractivity contribution in [2.24, 2.45) is 0 Å². The number of aromatic nitrogens is 2. The maximum absolute atomic E-state index is 11.5. The molecule has 0 aliphatic heterocycles. The van der Waals surface area contributed by atoms with E-state index in [1.807, 2.05) is 0 Å². The van der Waals surface area contributed by atoms with E-state index < -0.39 is 5.97 Å². The molecule has 0 aliphatic carbocycles. The summed E-state index contributed by atoms with van der Waals surface area (Å²) in [4.78, 5) is 15.6. The Morgan fingerprint density at radius 2 is 2.44 bits per heavy atom. The summed E-state index contributed by atoms with van der Waals surface area (Å²) >= 11 is 0. The fourth-order valence-corrected chi connectivity index (χ4v) is 1.50. The smallest absolute Gasteiger partial charge is 0.358 e. The number of hydrogen-bond donors (Lipinski definition) is 1. The average Bonchev–Trinajstić information content (AvgIpc) is 2.72. The number of carbonyl (C=O) groups is 1.